The minimum absolute atomic E-state index is 0.00268. The van der Waals surface area contributed by atoms with Gasteiger partial charge in [-0.2, -0.15) is 0 Å². The number of hydrogen-bond acceptors (Lipinski definition) is 3. The molecule has 0 unspecified atom stereocenters. The highest BCUT2D eigenvalue weighted by Gasteiger charge is 2.07. The number of nitrogens with one attached hydrogen (secondary N) is 2. The van der Waals surface area contributed by atoms with Crippen LogP contribution in [0.15, 0.2) is 78.9 Å². The summed E-state index contributed by atoms with van der Waals surface area (Å²) < 4.78 is 0. The highest BCUT2D eigenvalue weighted by atomic mass is 16.2. The van der Waals surface area contributed by atoms with E-state index in [0.717, 1.165) is 22.7 Å². The predicted molar refractivity (Wildman–Crippen MR) is 104 cm³/mol. The Morgan fingerprint density at radius 2 is 1.04 bits per heavy atom. The Morgan fingerprint density at radius 1 is 0.640 bits per heavy atom. The van der Waals surface area contributed by atoms with E-state index in [1.807, 2.05) is 78.9 Å². The second-order valence-electron chi connectivity index (χ2n) is 5.97. The summed E-state index contributed by atoms with van der Waals surface area (Å²) in [7, 11) is 3.50. The smallest absolute Gasteiger partial charge is 0.253 e. The number of hydrogen-bond donors (Lipinski definition) is 2. The molecular formula is C21H21N3O. The zero-order valence-corrected chi connectivity index (χ0v) is 14.4. The van der Waals surface area contributed by atoms with E-state index in [1.165, 1.54) is 0 Å². The molecule has 0 atom stereocenters. The van der Waals surface area contributed by atoms with Crippen LogP contribution in [0.2, 0.25) is 0 Å². The fraction of sp³-hybridized carbons (Fsp3) is 0.0952. The number of rotatable bonds is 5. The number of amides is 1. The van der Waals surface area contributed by atoms with Gasteiger partial charge in [-0.05, 0) is 60.7 Å². The zero-order chi connectivity index (χ0) is 17.6. The third-order valence-electron chi connectivity index (χ3n) is 3.77. The Hall–Kier alpha value is -3.27. The summed E-state index contributed by atoms with van der Waals surface area (Å²) in [4.78, 5) is 13.5. The molecule has 0 fully saturated rings. The fourth-order valence-electron chi connectivity index (χ4n) is 2.45. The first-order valence-electron chi connectivity index (χ1n) is 8.13. The molecule has 3 aromatic carbocycles. The monoisotopic (exact) mass is 331 g/mol. The van der Waals surface area contributed by atoms with Crippen molar-refractivity contribution in [2.45, 2.75) is 0 Å². The molecule has 0 radical (unpaired) electrons. The van der Waals surface area contributed by atoms with Crippen LogP contribution < -0.4 is 10.6 Å². The zero-order valence-electron chi connectivity index (χ0n) is 14.4. The van der Waals surface area contributed by atoms with Crippen molar-refractivity contribution in [1.82, 2.24) is 4.90 Å². The van der Waals surface area contributed by atoms with Crippen LogP contribution in [0, 0.1) is 0 Å². The summed E-state index contributed by atoms with van der Waals surface area (Å²) in [6.45, 7) is 0. The highest BCUT2D eigenvalue weighted by molar-refractivity contribution is 5.94. The van der Waals surface area contributed by atoms with Crippen molar-refractivity contribution in [2.24, 2.45) is 0 Å². The molecule has 25 heavy (non-hydrogen) atoms. The second-order valence-corrected chi connectivity index (χ2v) is 5.97. The van der Waals surface area contributed by atoms with Crippen molar-refractivity contribution in [1.29, 1.82) is 0 Å². The number of anilines is 4. The standard InChI is InChI=1S/C21H21N3O/c1-24(2)21(25)16-8-10-18(11-9-16)23-20-14-12-19(13-15-20)22-17-6-4-3-5-7-17/h3-15,22-23H,1-2H3. The van der Waals surface area contributed by atoms with E-state index in [0.29, 0.717) is 5.56 Å². The van der Waals surface area contributed by atoms with Gasteiger partial charge in [-0.1, -0.05) is 18.2 Å². The van der Waals surface area contributed by atoms with Crippen LogP contribution in [0.3, 0.4) is 0 Å². The fourth-order valence-corrected chi connectivity index (χ4v) is 2.45. The summed E-state index contributed by atoms with van der Waals surface area (Å²) >= 11 is 0. The van der Waals surface area contributed by atoms with Gasteiger partial charge in [0.25, 0.3) is 5.91 Å². The van der Waals surface area contributed by atoms with E-state index >= 15 is 0 Å². The van der Waals surface area contributed by atoms with Crippen molar-refractivity contribution in [3.63, 3.8) is 0 Å². The third kappa shape index (κ3) is 4.38. The van der Waals surface area contributed by atoms with E-state index in [9.17, 15) is 4.79 Å². The van der Waals surface area contributed by atoms with Gasteiger partial charge < -0.3 is 15.5 Å². The van der Waals surface area contributed by atoms with Crippen molar-refractivity contribution in [2.75, 3.05) is 24.7 Å². The first-order valence-corrected chi connectivity index (χ1v) is 8.13. The number of benzene rings is 3. The van der Waals surface area contributed by atoms with Crippen LogP contribution in [-0.2, 0) is 0 Å². The summed E-state index contributed by atoms with van der Waals surface area (Å²) in [5.74, 6) is 0.00268. The van der Waals surface area contributed by atoms with Crippen molar-refractivity contribution >= 4 is 28.7 Å². The van der Waals surface area contributed by atoms with Crippen LogP contribution in [0.5, 0.6) is 0 Å². The van der Waals surface area contributed by atoms with Gasteiger partial charge in [0.15, 0.2) is 0 Å². The molecule has 0 saturated carbocycles. The molecule has 1 amide bonds. The first kappa shape index (κ1) is 16.6. The van der Waals surface area contributed by atoms with E-state index in [2.05, 4.69) is 10.6 Å². The van der Waals surface area contributed by atoms with E-state index in [4.69, 9.17) is 0 Å². The molecule has 126 valence electrons. The molecule has 3 aromatic rings. The van der Waals surface area contributed by atoms with Gasteiger partial charge >= 0.3 is 0 Å². The molecule has 2 N–H and O–H groups in total. The summed E-state index contributed by atoms with van der Waals surface area (Å²) in [5, 5.41) is 6.69. The van der Waals surface area contributed by atoms with Crippen LogP contribution in [0.1, 0.15) is 10.4 Å². The van der Waals surface area contributed by atoms with Crippen molar-refractivity contribution < 1.29 is 4.79 Å². The largest absolute Gasteiger partial charge is 0.356 e. The lowest BCUT2D eigenvalue weighted by atomic mass is 10.2. The number of nitrogens with zero attached hydrogens (tertiary/aromatic N) is 1. The molecule has 0 bridgehead atoms. The maximum Gasteiger partial charge on any atom is 0.253 e. The van der Waals surface area contributed by atoms with Gasteiger partial charge in [-0.15, -0.1) is 0 Å². The molecule has 0 heterocycles. The molecule has 0 spiro atoms. The molecule has 0 aliphatic rings. The molecular weight excluding hydrogens is 310 g/mol. The second kappa shape index (κ2) is 7.53. The SMILES string of the molecule is CN(C)C(=O)c1ccc(Nc2ccc(Nc3ccccc3)cc2)cc1. The maximum absolute atomic E-state index is 11.9. The Labute approximate surface area is 148 Å². The average molecular weight is 331 g/mol. The first-order chi connectivity index (χ1) is 12.1. The van der Waals surface area contributed by atoms with Gasteiger partial charge in [-0.25, -0.2) is 0 Å². The average Bonchev–Trinajstić information content (AvgIpc) is 2.64. The third-order valence-corrected chi connectivity index (χ3v) is 3.77. The van der Waals surface area contributed by atoms with Crippen LogP contribution in [0.4, 0.5) is 22.7 Å². The van der Waals surface area contributed by atoms with E-state index < -0.39 is 0 Å². The van der Waals surface area contributed by atoms with Gasteiger partial charge in [0, 0.05) is 42.4 Å². The highest BCUT2D eigenvalue weighted by Crippen LogP contribution is 2.22. The predicted octanol–water partition coefficient (Wildman–Crippen LogP) is 4.88. The lowest BCUT2D eigenvalue weighted by Crippen LogP contribution is -2.21. The lowest BCUT2D eigenvalue weighted by molar-refractivity contribution is 0.0827. The Bertz CT molecular complexity index is 825. The van der Waals surface area contributed by atoms with Crippen molar-refractivity contribution in [3.8, 4) is 0 Å². The quantitative estimate of drug-likeness (QED) is 0.700. The van der Waals surface area contributed by atoms with Crippen LogP contribution in [0.25, 0.3) is 0 Å². The molecule has 0 aliphatic heterocycles. The van der Waals surface area contributed by atoms with Crippen molar-refractivity contribution in [3.05, 3.63) is 84.4 Å². The van der Waals surface area contributed by atoms with Gasteiger partial charge in [0.05, 0.1) is 0 Å². The minimum atomic E-state index is 0.00268. The minimum Gasteiger partial charge on any atom is -0.356 e. The molecule has 3 rings (SSSR count). The number of para-hydroxylation sites is 1. The number of carbonyl (C=O) groups excluding carboxylic acids is 1. The molecule has 0 aromatic heterocycles. The van der Waals surface area contributed by atoms with Crippen LogP contribution in [-0.4, -0.2) is 24.9 Å². The maximum atomic E-state index is 11.9. The Balaban J connectivity index is 1.64. The van der Waals surface area contributed by atoms with E-state index in [1.54, 1.807) is 19.0 Å². The molecule has 0 aliphatic carbocycles. The van der Waals surface area contributed by atoms with Gasteiger partial charge in [-0.3, -0.25) is 4.79 Å². The Morgan fingerprint density at radius 3 is 1.48 bits per heavy atom. The summed E-state index contributed by atoms with van der Waals surface area (Å²) in [6.07, 6.45) is 0. The topological polar surface area (TPSA) is 44.4 Å². The van der Waals surface area contributed by atoms with E-state index in [-0.39, 0.29) is 5.91 Å². The lowest BCUT2D eigenvalue weighted by Gasteiger charge is -2.12. The molecule has 0 saturated heterocycles. The molecule has 4 heteroatoms. The summed E-state index contributed by atoms with van der Waals surface area (Å²) in [5.41, 5.74) is 4.70. The summed E-state index contributed by atoms with van der Waals surface area (Å²) in [6, 6.07) is 25.6. The normalized spacial score (nSPS) is 10.2. The number of carbonyl (C=O) groups is 1. The van der Waals surface area contributed by atoms with Crippen LogP contribution >= 0.6 is 0 Å². The molecule has 4 nitrogen and oxygen atoms in total. The van der Waals surface area contributed by atoms with Gasteiger partial charge in [0.1, 0.15) is 0 Å². The Kier molecular flexibility index (Phi) is 5.00. The van der Waals surface area contributed by atoms with Gasteiger partial charge in [0.2, 0.25) is 0 Å².